The molecule has 1 aliphatic carbocycles. The van der Waals surface area contributed by atoms with E-state index >= 15 is 0 Å². The average Bonchev–Trinajstić information content (AvgIpc) is 3.33. The van der Waals surface area contributed by atoms with Gasteiger partial charge in [0.05, 0.1) is 17.6 Å². The van der Waals surface area contributed by atoms with Crippen molar-refractivity contribution in [1.82, 2.24) is 20.3 Å². The molecule has 0 aromatic carbocycles. The minimum Gasteiger partial charge on any atom is -0.334 e. The summed E-state index contributed by atoms with van der Waals surface area (Å²) in [4.78, 5) is 24.9. The number of carbonyl (C=O) groups excluding carboxylic acids is 1. The molecule has 1 aliphatic rings. The maximum atomic E-state index is 12.1. The Balaban J connectivity index is 1.64. The van der Waals surface area contributed by atoms with Crippen LogP contribution in [0.1, 0.15) is 41.5 Å². The Morgan fingerprint density at radius 3 is 2.86 bits per heavy atom. The largest absolute Gasteiger partial charge is 0.334 e. The Morgan fingerprint density at radius 2 is 2.14 bits per heavy atom. The van der Waals surface area contributed by atoms with Crippen LogP contribution in [0.15, 0.2) is 24.5 Å². The predicted molar refractivity (Wildman–Crippen MR) is 83.6 cm³/mol. The second-order valence-electron chi connectivity index (χ2n) is 5.55. The normalized spacial score (nSPS) is 13.7. The van der Waals surface area contributed by atoms with Crippen LogP contribution < -0.4 is 10.6 Å². The molecule has 0 spiro atoms. The summed E-state index contributed by atoms with van der Waals surface area (Å²) in [5.41, 5.74) is 3.56. The topological polar surface area (TPSA) is 79.8 Å². The van der Waals surface area contributed by atoms with Crippen molar-refractivity contribution >= 4 is 11.7 Å². The zero-order chi connectivity index (χ0) is 15.5. The lowest BCUT2D eigenvalue weighted by molar-refractivity contribution is 0.251. The Kier molecular flexibility index (Phi) is 4.00. The minimum absolute atomic E-state index is 0.252. The van der Waals surface area contributed by atoms with E-state index in [0.29, 0.717) is 18.2 Å². The number of hydrogen-bond donors (Lipinski definition) is 2. The number of rotatable bonds is 4. The van der Waals surface area contributed by atoms with Gasteiger partial charge in [-0.25, -0.2) is 14.8 Å². The van der Waals surface area contributed by atoms with Crippen LogP contribution in [-0.4, -0.2) is 21.0 Å². The van der Waals surface area contributed by atoms with E-state index in [2.05, 4.69) is 25.6 Å². The molecule has 114 valence electrons. The third-order valence-electron chi connectivity index (χ3n) is 3.71. The summed E-state index contributed by atoms with van der Waals surface area (Å²) >= 11 is 0. The van der Waals surface area contributed by atoms with Crippen LogP contribution >= 0.6 is 0 Å². The quantitative estimate of drug-likeness (QED) is 0.909. The van der Waals surface area contributed by atoms with Crippen molar-refractivity contribution in [1.29, 1.82) is 0 Å². The van der Waals surface area contributed by atoms with Gasteiger partial charge in [-0.05, 0) is 38.3 Å². The van der Waals surface area contributed by atoms with Crippen molar-refractivity contribution in [2.75, 3.05) is 5.32 Å². The third-order valence-corrected chi connectivity index (χ3v) is 3.71. The molecule has 1 saturated carbocycles. The van der Waals surface area contributed by atoms with Crippen molar-refractivity contribution in [3.8, 4) is 0 Å². The lowest BCUT2D eigenvalue weighted by atomic mass is 10.2. The number of pyridine rings is 1. The van der Waals surface area contributed by atoms with Crippen LogP contribution in [0.5, 0.6) is 0 Å². The lowest BCUT2D eigenvalue weighted by Crippen LogP contribution is -2.29. The molecule has 0 unspecified atom stereocenters. The van der Waals surface area contributed by atoms with E-state index in [4.69, 9.17) is 0 Å². The zero-order valence-corrected chi connectivity index (χ0v) is 12.8. The fourth-order valence-electron chi connectivity index (χ4n) is 2.30. The van der Waals surface area contributed by atoms with Crippen molar-refractivity contribution in [2.45, 2.75) is 39.2 Å². The smallest absolute Gasteiger partial charge is 0.319 e. The monoisotopic (exact) mass is 297 g/mol. The van der Waals surface area contributed by atoms with Gasteiger partial charge in [0.2, 0.25) is 0 Å². The molecule has 2 aromatic rings. The van der Waals surface area contributed by atoms with Crippen molar-refractivity contribution < 1.29 is 4.79 Å². The number of anilines is 1. The van der Waals surface area contributed by atoms with Crippen molar-refractivity contribution in [3.05, 3.63) is 47.3 Å². The minimum atomic E-state index is -0.252. The van der Waals surface area contributed by atoms with Crippen LogP contribution in [0, 0.1) is 13.8 Å². The molecule has 2 aromatic heterocycles. The van der Waals surface area contributed by atoms with Gasteiger partial charge in [-0.3, -0.25) is 4.98 Å². The third kappa shape index (κ3) is 3.39. The molecule has 3 rings (SSSR count). The molecule has 6 heteroatoms. The molecule has 2 heterocycles. The number of nitrogens with one attached hydrogen (secondary N) is 2. The van der Waals surface area contributed by atoms with Gasteiger partial charge in [0, 0.05) is 24.4 Å². The highest BCUT2D eigenvalue weighted by molar-refractivity contribution is 5.89. The second-order valence-corrected chi connectivity index (χ2v) is 5.55. The Hall–Kier alpha value is -2.50. The summed E-state index contributed by atoms with van der Waals surface area (Å²) in [6.45, 7) is 4.23. The number of aryl methyl sites for hydroxylation is 2. The van der Waals surface area contributed by atoms with Crippen LogP contribution in [0.25, 0.3) is 0 Å². The van der Waals surface area contributed by atoms with Gasteiger partial charge >= 0.3 is 6.03 Å². The van der Waals surface area contributed by atoms with Gasteiger partial charge in [-0.15, -0.1) is 0 Å². The highest BCUT2D eigenvalue weighted by atomic mass is 16.2. The highest BCUT2D eigenvalue weighted by Gasteiger charge is 2.28. The summed E-state index contributed by atoms with van der Waals surface area (Å²) in [7, 11) is 0. The van der Waals surface area contributed by atoms with Crippen LogP contribution in [0.3, 0.4) is 0 Å². The first-order chi connectivity index (χ1) is 10.6. The van der Waals surface area contributed by atoms with Crippen LogP contribution in [0.4, 0.5) is 10.5 Å². The maximum absolute atomic E-state index is 12.1. The standard InChI is InChI=1S/C16H19N5O/c1-10-13(4-3-7-17-10)8-19-16(22)21-14-9-18-11(2)20-15(14)12-5-6-12/h3-4,7,9,12H,5-6,8H2,1-2H3,(H2,19,21,22). The molecule has 0 radical (unpaired) electrons. The van der Waals surface area contributed by atoms with E-state index in [0.717, 1.165) is 35.6 Å². The number of nitrogens with zero attached hydrogens (tertiary/aromatic N) is 3. The SMILES string of the molecule is Cc1ncc(NC(=O)NCc2cccnc2C)c(C2CC2)n1. The summed E-state index contributed by atoms with van der Waals surface area (Å²) in [6.07, 6.45) is 5.68. The number of carbonyl (C=O) groups is 1. The van der Waals surface area contributed by atoms with E-state index in [1.807, 2.05) is 26.0 Å². The Bertz CT molecular complexity index is 697. The van der Waals surface area contributed by atoms with E-state index in [1.54, 1.807) is 12.4 Å². The number of urea groups is 1. The number of aromatic nitrogens is 3. The van der Waals surface area contributed by atoms with Crippen molar-refractivity contribution in [3.63, 3.8) is 0 Å². The van der Waals surface area contributed by atoms with E-state index in [-0.39, 0.29) is 6.03 Å². The lowest BCUT2D eigenvalue weighted by Gasteiger charge is -2.11. The van der Waals surface area contributed by atoms with Gasteiger partial charge in [-0.2, -0.15) is 0 Å². The van der Waals surface area contributed by atoms with Gasteiger partial charge < -0.3 is 10.6 Å². The predicted octanol–water partition coefficient (Wildman–Crippen LogP) is 2.69. The first kappa shape index (κ1) is 14.4. The fraction of sp³-hybridized carbons (Fsp3) is 0.375. The summed E-state index contributed by atoms with van der Waals surface area (Å²) in [6, 6.07) is 3.56. The number of hydrogen-bond acceptors (Lipinski definition) is 4. The second kappa shape index (κ2) is 6.09. The first-order valence-corrected chi connectivity index (χ1v) is 7.42. The van der Waals surface area contributed by atoms with E-state index in [9.17, 15) is 4.79 Å². The van der Waals surface area contributed by atoms with Crippen molar-refractivity contribution in [2.24, 2.45) is 0 Å². The number of amides is 2. The van der Waals surface area contributed by atoms with Gasteiger partial charge in [0.15, 0.2) is 0 Å². The fourth-order valence-corrected chi connectivity index (χ4v) is 2.30. The molecule has 6 nitrogen and oxygen atoms in total. The molecule has 2 amide bonds. The average molecular weight is 297 g/mol. The van der Waals surface area contributed by atoms with Crippen LogP contribution in [0.2, 0.25) is 0 Å². The van der Waals surface area contributed by atoms with Crippen LogP contribution in [-0.2, 0) is 6.54 Å². The molecule has 2 N–H and O–H groups in total. The molecule has 0 atom stereocenters. The summed E-state index contributed by atoms with van der Waals surface area (Å²) in [5.74, 6) is 1.19. The summed E-state index contributed by atoms with van der Waals surface area (Å²) in [5, 5.41) is 5.70. The molecule has 0 saturated heterocycles. The molecule has 0 aliphatic heterocycles. The molecule has 1 fully saturated rings. The summed E-state index contributed by atoms with van der Waals surface area (Å²) < 4.78 is 0. The van der Waals surface area contributed by atoms with Gasteiger partial charge in [0.25, 0.3) is 0 Å². The van der Waals surface area contributed by atoms with Gasteiger partial charge in [0.1, 0.15) is 5.82 Å². The Labute approximate surface area is 129 Å². The Morgan fingerprint density at radius 1 is 1.32 bits per heavy atom. The van der Waals surface area contributed by atoms with Gasteiger partial charge in [-0.1, -0.05) is 6.07 Å². The van der Waals surface area contributed by atoms with E-state index in [1.165, 1.54) is 0 Å². The maximum Gasteiger partial charge on any atom is 0.319 e. The first-order valence-electron chi connectivity index (χ1n) is 7.42. The molecular weight excluding hydrogens is 278 g/mol. The van der Waals surface area contributed by atoms with E-state index < -0.39 is 0 Å². The molecule has 0 bridgehead atoms. The molecule has 22 heavy (non-hydrogen) atoms. The molecular formula is C16H19N5O. The zero-order valence-electron chi connectivity index (χ0n) is 12.8. The highest BCUT2D eigenvalue weighted by Crippen LogP contribution is 2.42.